The van der Waals surface area contributed by atoms with Crippen LogP contribution < -0.4 is 0 Å². The second-order valence-corrected chi connectivity index (χ2v) is 17.8. The number of hydrogen-bond donors (Lipinski definition) is 0. The Balaban J connectivity index is 1.54. The quantitative estimate of drug-likeness (QED) is 0.237. The molecule has 0 heterocycles. The van der Waals surface area contributed by atoms with Gasteiger partial charge in [-0.15, -0.1) is 0 Å². The zero-order valence-electron chi connectivity index (χ0n) is 27.1. The third kappa shape index (κ3) is 4.25. The van der Waals surface area contributed by atoms with Crippen LogP contribution in [0.4, 0.5) is 0 Å². The van der Waals surface area contributed by atoms with Crippen LogP contribution in [0.15, 0.2) is 11.6 Å². The molecular formula is C33H53O7P. The van der Waals surface area contributed by atoms with Crippen LogP contribution in [0.3, 0.4) is 0 Å². The lowest BCUT2D eigenvalue weighted by molar-refractivity contribution is -0.201. The van der Waals surface area contributed by atoms with E-state index in [1.165, 1.54) is 26.9 Å². The molecule has 1 unspecified atom stereocenters. The number of allylic oxidation sites excluding steroid dienone is 2. The van der Waals surface area contributed by atoms with Gasteiger partial charge in [-0.25, -0.2) is 4.57 Å². The summed E-state index contributed by atoms with van der Waals surface area (Å²) in [6.07, 6.45) is 9.97. The van der Waals surface area contributed by atoms with Crippen molar-refractivity contribution in [2.75, 3.05) is 21.3 Å². The van der Waals surface area contributed by atoms with E-state index in [1.807, 2.05) is 6.08 Å². The van der Waals surface area contributed by atoms with Crippen LogP contribution >= 0.6 is 7.82 Å². The summed E-state index contributed by atoms with van der Waals surface area (Å²) in [5.41, 5.74) is 0.0467. The monoisotopic (exact) mass is 592 g/mol. The van der Waals surface area contributed by atoms with Gasteiger partial charge in [-0.1, -0.05) is 47.1 Å². The van der Waals surface area contributed by atoms with E-state index in [0.717, 1.165) is 51.4 Å². The van der Waals surface area contributed by atoms with E-state index in [-0.39, 0.29) is 62.7 Å². The Labute approximate surface area is 247 Å². The van der Waals surface area contributed by atoms with Crippen molar-refractivity contribution in [1.82, 2.24) is 0 Å². The summed E-state index contributed by atoms with van der Waals surface area (Å²) >= 11 is 0. The standard InChI is InChI=1S/C33H53O7P/c1-28(2)24-11-14-33(7)26(31(24,5)13-12-25(28)40-41(36,38-9)39-10)23(34)19-21-22-20-30(4,27(35)37-8)16-15-29(22,3)17-18-32(21,33)6/h19,22,24-26H,11-18,20H2,1-10H3/t22-,24-,25?,26+,29+,30-,31-,32+,33+/m0/s1. The van der Waals surface area contributed by atoms with Crippen molar-refractivity contribution in [3.05, 3.63) is 11.6 Å². The van der Waals surface area contributed by atoms with Crippen molar-refractivity contribution in [2.45, 2.75) is 112 Å². The Hall–Kier alpha value is -1.01. The molecule has 8 heteroatoms. The van der Waals surface area contributed by atoms with Crippen molar-refractivity contribution in [3.8, 4) is 0 Å². The molecule has 0 N–H and O–H groups in total. The van der Waals surface area contributed by atoms with E-state index in [1.54, 1.807) is 0 Å². The van der Waals surface area contributed by atoms with Crippen LogP contribution in [0, 0.1) is 50.2 Å². The maximum atomic E-state index is 14.6. The molecule has 0 saturated heterocycles. The molecule has 5 aliphatic carbocycles. The second-order valence-electron chi connectivity index (χ2n) is 16.0. The Kier molecular flexibility index (Phi) is 7.47. The highest BCUT2D eigenvalue weighted by Crippen LogP contribution is 2.75. The van der Waals surface area contributed by atoms with Crippen LogP contribution in [0.5, 0.6) is 0 Å². The zero-order valence-corrected chi connectivity index (χ0v) is 28.0. The topological polar surface area (TPSA) is 88.1 Å². The van der Waals surface area contributed by atoms with Crippen LogP contribution in [0.25, 0.3) is 0 Å². The number of methoxy groups -OCH3 is 1. The second kappa shape index (κ2) is 9.74. The molecule has 4 saturated carbocycles. The Morgan fingerprint density at radius 3 is 2.12 bits per heavy atom. The molecule has 232 valence electrons. The maximum Gasteiger partial charge on any atom is 0.474 e. The molecule has 0 aromatic carbocycles. The van der Waals surface area contributed by atoms with Gasteiger partial charge in [0.05, 0.1) is 18.6 Å². The van der Waals surface area contributed by atoms with Crippen molar-refractivity contribution >= 4 is 19.6 Å². The first kappa shape index (κ1) is 31.4. The molecule has 4 fully saturated rings. The van der Waals surface area contributed by atoms with Crippen LogP contribution in [-0.2, 0) is 32.5 Å². The largest absolute Gasteiger partial charge is 0.474 e. The van der Waals surface area contributed by atoms with E-state index >= 15 is 0 Å². The summed E-state index contributed by atoms with van der Waals surface area (Å²) in [4.78, 5) is 27.5. The minimum atomic E-state index is -3.63. The highest BCUT2D eigenvalue weighted by atomic mass is 31.2. The molecule has 0 spiro atoms. The predicted octanol–water partition coefficient (Wildman–Crippen LogP) is 7.93. The first-order valence-electron chi connectivity index (χ1n) is 15.6. The molecule has 7 nitrogen and oxygen atoms in total. The van der Waals surface area contributed by atoms with Gasteiger partial charge in [-0.2, -0.15) is 0 Å². The van der Waals surface area contributed by atoms with Gasteiger partial charge in [0.25, 0.3) is 0 Å². The van der Waals surface area contributed by atoms with Gasteiger partial charge in [-0.3, -0.25) is 23.2 Å². The molecule has 0 aliphatic heterocycles. The smallest absolute Gasteiger partial charge is 0.469 e. The van der Waals surface area contributed by atoms with Gasteiger partial charge >= 0.3 is 13.8 Å². The van der Waals surface area contributed by atoms with Crippen molar-refractivity contribution < 1.29 is 32.5 Å². The van der Waals surface area contributed by atoms with Gasteiger partial charge in [0.1, 0.15) is 0 Å². The number of rotatable bonds is 5. The minimum Gasteiger partial charge on any atom is -0.469 e. The van der Waals surface area contributed by atoms with Crippen molar-refractivity contribution in [1.29, 1.82) is 0 Å². The average Bonchev–Trinajstić information content (AvgIpc) is 2.91. The number of carbonyl (C=O) groups excluding carboxylic acids is 2. The predicted molar refractivity (Wildman–Crippen MR) is 158 cm³/mol. The number of esters is 1. The average molecular weight is 593 g/mol. The van der Waals surface area contributed by atoms with Crippen LogP contribution in [0.2, 0.25) is 0 Å². The van der Waals surface area contributed by atoms with E-state index in [2.05, 4.69) is 48.5 Å². The molecule has 5 aliphatic rings. The Bertz CT molecular complexity index is 1190. The third-order valence-corrected chi connectivity index (χ3v) is 15.3. The minimum absolute atomic E-state index is 0.0947. The molecule has 0 radical (unpaired) electrons. The molecule has 0 bridgehead atoms. The molecule has 9 atom stereocenters. The SMILES string of the molecule is COC(=O)[C@@]1(C)CC[C@]2(C)CC[C@]3(C)C(=CC(=O)[C@@H]4[C@@]5(C)CCC(OP(=O)(OC)OC)C(C)(C)[C@@H]5CC[C@]43C)[C@@H]2C1. The van der Waals surface area contributed by atoms with E-state index in [4.69, 9.17) is 18.3 Å². The summed E-state index contributed by atoms with van der Waals surface area (Å²) in [5.74, 6) is 0.460. The van der Waals surface area contributed by atoms with E-state index in [9.17, 15) is 14.2 Å². The van der Waals surface area contributed by atoms with E-state index < -0.39 is 13.2 Å². The maximum absolute atomic E-state index is 14.6. The molecule has 0 amide bonds. The fourth-order valence-corrected chi connectivity index (χ4v) is 12.1. The lowest BCUT2D eigenvalue weighted by atomic mass is 9.33. The lowest BCUT2D eigenvalue weighted by Gasteiger charge is -2.70. The molecule has 5 rings (SSSR count). The highest BCUT2D eigenvalue weighted by Gasteiger charge is 2.70. The fraction of sp³-hybridized carbons (Fsp3) is 0.879. The summed E-state index contributed by atoms with van der Waals surface area (Å²) < 4.78 is 34.6. The summed E-state index contributed by atoms with van der Waals surface area (Å²) in [6, 6.07) is 0. The van der Waals surface area contributed by atoms with Gasteiger partial charge in [0, 0.05) is 20.1 Å². The summed E-state index contributed by atoms with van der Waals surface area (Å²) in [5, 5.41) is 0. The number of ketones is 1. The number of carbonyl (C=O) groups is 2. The molecule has 41 heavy (non-hydrogen) atoms. The van der Waals surface area contributed by atoms with Crippen LogP contribution in [-0.4, -0.2) is 39.2 Å². The van der Waals surface area contributed by atoms with Gasteiger partial charge in [0.2, 0.25) is 0 Å². The number of hydrogen-bond acceptors (Lipinski definition) is 7. The normalized spacial score (nSPS) is 47.3. The van der Waals surface area contributed by atoms with Crippen molar-refractivity contribution in [3.63, 3.8) is 0 Å². The van der Waals surface area contributed by atoms with Gasteiger partial charge < -0.3 is 4.74 Å². The number of fused-ring (bicyclic) bond motifs is 7. The summed E-state index contributed by atoms with van der Waals surface area (Å²) in [6.45, 7) is 16.0. The van der Waals surface area contributed by atoms with Gasteiger partial charge in [-0.05, 0) is 110 Å². The zero-order chi connectivity index (χ0) is 30.4. The highest BCUT2D eigenvalue weighted by molar-refractivity contribution is 7.48. The summed E-state index contributed by atoms with van der Waals surface area (Å²) in [7, 11) is 0.573. The first-order chi connectivity index (χ1) is 18.9. The van der Waals surface area contributed by atoms with Crippen molar-refractivity contribution in [2.24, 2.45) is 50.2 Å². The molecule has 0 aromatic heterocycles. The first-order valence-corrected chi connectivity index (χ1v) is 17.1. The third-order valence-electron chi connectivity index (χ3n) is 13.9. The fourth-order valence-electron chi connectivity index (χ4n) is 11.1. The number of ether oxygens (including phenoxy) is 1. The Morgan fingerprint density at radius 1 is 0.878 bits per heavy atom. The molecular weight excluding hydrogens is 539 g/mol. The molecule has 0 aromatic rings. The van der Waals surface area contributed by atoms with Gasteiger partial charge in [0.15, 0.2) is 5.78 Å². The number of phosphoric ester groups is 1. The van der Waals surface area contributed by atoms with E-state index in [0.29, 0.717) is 6.42 Å². The number of phosphoric acid groups is 1. The Morgan fingerprint density at radius 2 is 1.51 bits per heavy atom. The lowest BCUT2D eigenvalue weighted by Crippen LogP contribution is -2.66. The van der Waals surface area contributed by atoms with Crippen LogP contribution in [0.1, 0.15) is 106 Å².